The fourth-order valence-electron chi connectivity index (χ4n) is 4.28. The molecule has 2 aromatic carbocycles. The lowest BCUT2D eigenvalue weighted by molar-refractivity contribution is -0.133. The summed E-state index contributed by atoms with van der Waals surface area (Å²) < 4.78 is 0. The Morgan fingerprint density at radius 2 is 1.67 bits per heavy atom. The van der Waals surface area contributed by atoms with E-state index < -0.39 is 0 Å². The molecule has 0 unspecified atom stereocenters. The fourth-order valence-corrected chi connectivity index (χ4v) is 4.28. The van der Waals surface area contributed by atoms with Crippen LogP contribution in [0.3, 0.4) is 0 Å². The van der Waals surface area contributed by atoms with E-state index in [4.69, 9.17) is 0 Å². The summed E-state index contributed by atoms with van der Waals surface area (Å²) in [5.41, 5.74) is 3.01. The van der Waals surface area contributed by atoms with E-state index in [2.05, 4.69) is 46.7 Å². The van der Waals surface area contributed by atoms with Crippen molar-refractivity contribution >= 4 is 16.8 Å². The van der Waals surface area contributed by atoms with E-state index in [-0.39, 0.29) is 11.3 Å². The Morgan fingerprint density at radius 3 is 2.48 bits per heavy atom. The van der Waals surface area contributed by atoms with E-state index in [9.17, 15) is 4.79 Å². The highest BCUT2D eigenvalue weighted by Gasteiger charge is 2.39. The minimum atomic E-state index is -0.274. The van der Waals surface area contributed by atoms with Gasteiger partial charge in [-0.1, -0.05) is 67.8 Å². The topological polar surface area (TPSA) is 42.0 Å². The van der Waals surface area contributed by atoms with Gasteiger partial charge >= 0.3 is 0 Å². The first-order valence-corrected chi connectivity index (χ1v) is 9.91. The number of hydrogen-bond donors (Lipinski definition) is 1. The number of benzene rings is 2. The van der Waals surface area contributed by atoms with Crippen molar-refractivity contribution in [2.45, 2.75) is 45.1 Å². The third-order valence-corrected chi connectivity index (χ3v) is 5.78. The van der Waals surface area contributed by atoms with Gasteiger partial charge in [0.2, 0.25) is 5.91 Å². The van der Waals surface area contributed by atoms with Gasteiger partial charge in [-0.25, -0.2) is 0 Å². The van der Waals surface area contributed by atoms with Crippen molar-refractivity contribution in [1.29, 1.82) is 0 Å². The third-order valence-electron chi connectivity index (χ3n) is 5.78. The van der Waals surface area contributed by atoms with Crippen molar-refractivity contribution < 1.29 is 4.79 Å². The summed E-state index contributed by atoms with van der Waals surface area (Å²) in [7, 11) is 0. The maximum atomic E-state index is 13.2. The largest absolute Gasteiger partial charge is 0.351 e. The standard InChI is InChI=1S/C24H26N2O/c27-23(26-18-20-15-21-11-5-6-12-22(21)25-17-20)24(13-7-2-8-14-24)16-19-9-3-1-4-10-19/h1,3-6,9-12,15,17H,2,7-8,13-14,16,18H2,(H,26,27). The van der Waals surface area contributed by atoms with Gasteiger partial charge in [0.15, 0.2) is 0 Å². The number of carbonyl (C=O) groups excluding carboxylic acids is 1. The van der Waals surface area contributed by atoms with Gasteiger partial charge in [-0.15, -0.1) is 0 Å². The van der Waals surface area contributed by atoms with Gasteiger partial charge in [0.05, 0.1) is 10.9 Å². The van der Waals surface area contributed by atoms with Gasteiger partial charge < -0.3 is 5.32 Å². The molecule has 0 spiro atoms. The summed E-state index contributed by atoms with van der Waals surface area (Å²) in [6, 6.07) is 20.6. The zero-order valence-corrected chi connectivity index (χ0v) is 15.7. The Morgan fingerprint density at radius 1 is 0.926 bits per heavy atom. The highest BCUT2D eigenvalue weighted by molar-refractivity contribution is 5.83. The van der Waals surface area contributed by atoms with Crippen molar-refractivity contribution in [3.8, 4) is 0 Å². The molecule has 0 radical (unpaired) electrons. The van der Waals surface area contributed by atoms with Gasteiger partial charge in [-0.2, -0.15) is 0 Å². The average Bonchev–Trinajstić information content (AvgIpc) is 2.73. The van der Waals surface area contributed by atoms with E-state index in [1.165, 1.54) is 12.0 Å². The number of para-hydroxylation sites is 1. The molecule has 0 saturated heterocycles. The summed E-state index contributed by atoms with van der Waals surface area (Å²) in [5, 5.41) is 4.33. The maximum Gasteiger partial charge on any atom is 0.226 e. The second-order valence-corrected chi connectivity index (χ2v) is 7.72. The predicted molar refractivity (Wildman–Crippen MR) is 109 cm³/mol. The number of rotatable bonds is 5. The van der Waals surface area contributed by atoms with Crippen molar-refractivity contribution in [2.75, 3.05) is 0 Å². The number of hydrogen-bond acceptors (Lipinski definition) is 2. The van der Waals surface area contributed by atoms with Crippen LogP contribution >= 0.6 is 0 Å². The molecule has 3 nitrogen and oxygen atoms in total. The molecule has 1 amide bonds. The third kappa shape index (κ3) is 4.02. The first kappa shape index (κ1) is 17.7. The summed E-state index contributed by atoms with van der Waals surface area (Å²) >= 11 is 0. The Kier molecular flexibility index (Phi) is 5.19. The minimum absolute atomic E-state index is 0.194. The maximum absolute atomic E-state index is 13.2. The molecule has 0 atom stereocenters. The summed E-state index contributed by atoms with van der Waals surface area (Å²) in [6.07, 6.45) is 8.16. The number of fused-ring (bicyclic) bond motifs is 1. The zero-order chi connectivity index (χ0) is 18.5. The monoisotopic (exact) mass is 358 g/mol. The normalized spacial score (nSPS) is 16.1. The highest BCUT2D eigenvalue weighted by atomic mass is 16.2. The molecule has 4 rings (SSSR count). The van der Waals surface area contributed by atoms with Gasteiger partial charge in [-0.05, 0) is 42.5 Å². The first-order valence-electron chi connectivity index (χ1n) is 9.91. The lowest BCUT2D eigenvalue weighted by Crippen LogP contribution is -2.43. The number of pyridine rings is 1. The van der Waals surface area contributed by atoms with Crippen LogP contribution in [0.1, 0.15) is 43.2 Å². The molecule has 1 fully saturated rings. The van der Waals surface area contributed by atoms with E-state index in [0.29, 0.717) is 6.54 Å². The van der Waals surface area contributed by atoms with Crippen molar-refractivity contribution in [3.63, 3.8) is 0 Å². The lowest BCUT2D eigenvalue weighted by Gasteiger charge is -2.36. The number of nitrogens with one attached hydrogen (secondary N) is 1. The molecule has 1 saturated carbocycles. The molecule has 1 aliphatic carbocycles. The Balaban J connectivity index is 1.49. The second-order valence-electron chi connectivity index (χ2n) is 7.72. The van der Waals surface area contributed by atoms with Crippen LogP contribution < -0.4 is 5.32 Å². The van der Waals surface area contributed by atoms with Crippen LogP contribution in [0.5, 0.6) is 0 Å². The Hall–Kier alpha value is -2.68. The molecular formula is C24H26N2O. The molecule has 3 aromatic rings. The van der Waals surface area contributed by atoms with Crippen molar-refractivity contribution in [3.05, 3.63) is 78.0 Å². The Labute approximate surface area is 160 Å². The second kappa shape index (κ2) is 7.91. The average molecular weight is 358 g/mol. The molecule has 1 heterocycles. The molecule has 0 bridgehead atoms. The van der Waals surface area contributed by atoms with Crippen LogP contribution in [-0.2, 0) is 17.8 Å². The first-order chi connectivity index (χ1) is 13.3. The fraction of sp³-hybridized carbons (Fsp3) is 0.333. The van der Waals surface area contributed by atoms with Crippen LogP contribution in [-0.4, -0.2) is 10.9 Å². The van der Waals surface area contributed by atoms with E-state index in [1.54, 1.807) is 0 Å². The zero-order valence-electron chi connectivity index (χ0n) is 15.7. The smallest absolute Gasteiger partial charge is 0.226 e. The van der Waals surface area contributed by atoms with Crippen LogP contribution in [0.4, 0.5) is 0 Å². The van der Waals surface area contributed by atoms with Crippen molar-refractivity contribution in [2.24, 2.45) is 5.41 Å². The number of nitrogens with zero attached hydrogens (tertiary/aromatic N) is 1. The molecule has 1 aliphatic rings. The quantitative estimate of drug-likeness (QED) is 0.694. The van der Waals surface area contributed by atoms with Crippen LogP contribution in [0.2, 0.25) is 0 Å². The molecule has 3 heteroatoms. The number of amides is 1. The molecule has 27 heavy (non-hydrogen) atoms. The molecule has 138 valence electrons. The summed E-state index contributed by atoms with van der Waals surface area (Å²) in [4.78, 5) is 17.7. The lowest BCUT2D eigenvalue weighted by atomic mass is 9.69. The van der Waals surface area contributed by atoms with E-state index in [0.717, 1.165) is 48.6 Å². The molecule has 1 N–H and O–H groups in total. The molecule has 0 aliphatic heterocycles. The van der Waals surface area contributed by atoms with Gasteiger partial charge in [-0.3, -0.25) is 9.78 Å². The summed E-state index contributed by atoms with van der Waals surface area (Å²) in [6.45, 7) is 0.535. The van der Waals surface area contributed by atoms with Crippen LogP contribution in [0, 0.1) is 5.41 Å². The van der Waals surface area contributed by atoms with Crippen LogP contribution in [0.25, 0.3) is 10.9 Å². The number of aromatic nitrogens is 1. The minimum Gasteiger partial charge on any atom is -0.351 e. The van der Waals surface area contributed by atoms with E-state index >= 15 is 0 Å². The van der Waals surface area contributed by atoms with Gasteiger partial charge in [0, 0.05) is 18.1 Å². The predicted octanol–water partition coefficient (Wildman–Crippen LogP) is 5.04. The highest BCUT2D eigenvalue weighted by Crippen LogP contribution is 2.39. The van der Waals surface area contributed by atoms with Crippen LogP contribution in [0.15, 0.2) is 66.9 Å². The van der Waals surface area contributed by atoms with Gasteiger partial charge in [0.1, 0.15) is 0 Å². The van der Waals surface area contributed by atoms with E-state index in [1.807, 2.05) is 30.5 Å². The van der Waals surface area contributed by atoms with Gasteiger partial charge in [0.25, 0.3) is 0 Å². The Bertz CT molecular complexity index is 914. The summed E-state index contributed by atoms with van der Waals surface area (Å²) in [5.74, 6) is 0.194. The molecule has 1 aromatic heterocycles. The number of carbonyl (C=O) groups is 1. The SMILES string of the molecule is O=C(NCc1cnc2ccccc2c1)C1(Cc2ccccc2)CCCCC1. The molecular weight excluding hydrogens is 332 g/mol. The van der Waals surface area contributed by atoms with Crippen molar-refractivity contribution in [1.82, 2.24) is 10.3 Å².